The largest absolute Gasteiger partial charge is 0.385 e. The molecule has 0 saturated carbocycles. The summed E-state index contributed by atoms with van der Waals surface area (Å²) in [5.74, 6) is 0. The van der Waals surface area contributed by atoms with Gasteiger partial charge in [0.1, 0.15) is 18.3 Å². The van der Waals surface area contributed by atoms with Gasteiger partial charge in [0.2, 0.25) is 0 Å². The van der Waals surface area contributed by atoms with Gasteiger partial charge in [-0.1, -0.05) is 65.8 Å². The molecule has 2 heterocycles. The van der Waals surface area contributed by atoms with Crippen LogP contribution in [0, 0.1) is 0 Å². The lowest BCUT2D eigenvalue weighted by Gasteiger charge is -2.32. The molecule has 11 heteroatoms. The molecule has 0 spiro atoms. The molecular weight excluding hydrogens is 454 g/mol. The third-order valence-corrected chi connectivity index (χ3v) is 5.77. The normalized spacial score (nSPS) is 23.6. The summed E-state index contributed by atoms with van der Waals surface area (Å²) in [6.45, 7) is 0.0713. The predicted octanol–water partition coefficient (Wildman–Crippen LogP) is 2.06. The molecule has 1 saturated heterocycles. The Morgan fingerprint density at radius 1 is 1.06 bits per heavy atom. The number of hydrogen-bond acceptors (Lipinski definition) is 7. The van der Waals surface area contributed by atoms with Gasteiger partial charge in [-0.2, -0.15) is 0 Å². The van der Waals surface area contributed by atoms with Crippen LogP contribution in [-0.2, 0) is 33.1 Å². The van der Waals surface area contributed by atoms with Crippen LogP contribution in [0.15, 0.2) is 87.6 Å². The Hall–Kier alpha value is -3.73. The van der Waals surface area contributed by atoms with Crippen LogP contribution in [0.3, 0.4) is 0 Å². The summed E-state index contributed by atoms with van der Waals surface area (Å²) < 4.78 is 19.1. The van der Waals surface area contributed by atoms with E-state index in [4.69, 9.17) is 19.7 Å². The fourth-order valence-electron chi connectivity index (χ4n) is 4.07. The van der Waals surface area contributed by atoms with Crippen LogP contribution in [0.5, 0.6) is 0 Å². The molecule has 11 nitrogen and oxygen atoms in total. The zero-order chi connectivity index (χ0) is 24.7. The number of aromatic amines is 1. The molecule has 4 atom stereocenters. The van der Waals surface area contributed by atoms with E-state index < -0.39 is 41.8 Å². The third-order valence-electron chi connectivity index (χ3n) is 5.77. The molecule has 35 heavy (non-hydrogen) atoms. The Morgan fingerprint density at radius 2 is 1.71 bits per heavy atom. The van der Waals surface area contributed by atoms with Gasteiger partial charge in [0, 0.05) is 17.2 Å². The van der Waals surface area contributed by atoms with E-state index in [0.717, 1.165) is 21.8 Å². The Kier molecular flexibility index (Phi) is 7.76. The van der Waals surface area contributed by atoms with Crippen molar-refractivity contribution in [3.05, 3.63) is 115 Å². The maximum atomic E-state index is 12.6. The average Bonchev–Trinajstić information content (AvgIpc) is 3.14. The molecule has 1 fully saturated rings. The van der Waals surface area contributed by atoms with Crippen molar-refractivity contribution in [2.75, 3.05) is 13.2 Å². The van der Waals surface area contributed by atoms with Gasteiger partial charge in [0.15, 0.2) is 5.72 Å². The second-order valence-corrected chi connectivity index (χ2v) is 8.08. The van der Waals surface area contributed by atoms with Crippen molar-refractivity contribution in [3.8, 4) is 0 Å². The molecule has 0 bridgehead atoms. The lowest BCUT2D eigenvalue weighted by Crippen LogP contribution is -2.53. The van der Waals surface area contributed by atoms with Gasteiger partial charge in [0.05, 0.1) is 26.4 Å². The SMILES string of the molecule is [N-]=[N+]=NC[C@@]1(n2ccc(=O)[nH]c2=O)O[C@H](COCc2ccccc2)[C@@H](OCc2ccccc2)[C@@H]1O. The van der Waals surface area contributed by atoms with E-state index in [2.05, 4.69) is 15.0 Å². The zero-order valence-electron chi connectivity index (χ0n) is 18.8. The zero-order valence-corrected chi connectivity index (χ0v) is 18.8. The van der Waals surface area contributed by atoms with Crippen LogP contribution >= 0.6 is 0 Å². The van der Waals surface area contributed by atoms with Crippen molar-refractivity contribution in [2.45, 2.75) is 37.3 Å². The number of aromatic nitrogens is 2. The minimum atomic E-state index is -1.81. The van der Waals surface area contributed by atoms with Crippen LogP contribution < -0.4 is 11.2 Å². The number of rotatable bonds is 10. The highest BCUT2D eigenvalue weighted by Gasteiger charge is 2.56. The quantitative estimate of drug-likeness (QED) is 0.258. The van der Waals surface area contributed by atoms with Crippen molar-refractivity contribution in [2.24, 2.45) is 5.11 Å². The first kappa shape index (κ1) is 24.4. The van der Waals surface area contributed by atoms with E-state index in [-0.39, 0.29) is 13.2 Å². The number of azide groups is 1. The molecular formula is C24H25N5O6. The lowest BCUT2D eigenvalue weighted by molar-refractivity contribution is -0.148. The van der Waals surface area contributed by atoms with Crippen molar-refractivity contribution in [1.82, 2.24) is 9.55 Å². The van der Waals surface area contributed by atoms with E-state index >= 15 is 0 Å². The molecule has 1 aliphatic heterocycles. The van der Waals surface area contributed by atoms with Crippen LogP contribution in [0.4, 0.5) is 0 Å². The molecule has 0 amide bonds. The lowest BCUT2D eigenvalue weighted by atomic mass is 10.0. The van der Waals surface area contributed by atoms with Crippen LogP contribution in [0.25, 0.3) is 10.4 Å². The maximum absolute atomic E-state index is 12.6. The molecule has 1 aliphatic rings. The Balaban J connectivity index is 1.63. The summed E-state index contributed by atoms with van der Waals surface area (Å²) in [5, 5.41) is 15.0. The van der Waals surface area contributed by atoms with Crippen LogP contribution in [0.2, 0.25) is 0 Å². The molecule has 1 aromatic heterocycles. The Labute approximate surface area is 200 Å². The summed E-state index contributed by atoms with van der Waals surface area (Å²) in [6, 6.07) is 20.0. The van der Waals surface area contributed by atoms with E-state index in [1.54, 1.807) is 0 Å². The van der Waals surface area contributed by atoms with Crippen molar-refractivity contribution >= 4 is 0 Å². The highest BCUT2D eigenvalue weighted by Crippen LogP contribution is 2.37. The monoisotopic (exact) mass is 479 g/mol. The molecule has 2 aromatic carbocycles. The minimum absolute atomic E-state index is 0.0293. The summed E-state index contributed by atoms with van der Waals surface area (Å²) in [7, 11) is 0. The van der Waals surface area contributed by atoms with E-state index in [0.29, 0.717) is 6.61 Å². The van der Waals surface area contributed by atoms with Gasteiger partial charge in [-0.15, -0.1) is 0 Å². The second-order valence-electron chi connectivity index (χ2n) is 8.08. The highest BCUT2D eigenvalue weighted by atomic mass is 16.6. The first-order valence-electron chi connectivity index (χ1n) is 11.0. The van der Waals surface area contributed by atoms with Gasteiger partial charge in [-0.25, -0.2) is 4.79 Å². The average molecular weight is 479 g/mol. The van der Waals surface area contributed by atoms with Crippen LogP contribution in [-0.4, -0.2) is 46.1 Å². The van der Waals surface area contributed by atoms with Gasteiger partial charge < -0.3 is 19.3 Å². The molecule has 0 aliphatic carbocycles. The van der Waals surface area contributed by atoms with Crippen molar-refractivity contribution < 1.29 is 19.3 Å². The topological polar surface area (TPSA) is 152 Å². The fraction of sp³-hybridized carbons (Fsp3) is 0.333. The number of H-pyrrole nitrogens is 1. The molecule has 3 aromatic rings. The molecule has 182 valence electrons. The van der Waals surface area contributed by atoms with Gasteiger partial charge in [-0.05, 0) is 16.7 Å². The van der Waals surface area contributed by atoms with Crippen molar-refractivity contribution in [1.29, 1.82) is 0 Å². The van der Waals surface area contributed by atoms with E-state index in [9.17, 15) is 14.7 Å². The molecule has 2 N–H and O–H groups in total. The molecule has 4 rings (SSSR count). The van der Waals surface area contributed by atoms with E-state index in [1.165, 1.54) is 6.20 Å². The van der Waals surface area contributed by atoms with Gasteiger partial charge in [0.25, 0.3) is 5.56 Å². The number of aliphatic hydroxyl groups is 1. The summed E-state index contributed by atoms with van der Waals surface area (Å²) in [4.78, 5) is 29.2. The number of aliphatic hydroxyl groups excluding tert-OH is 1. The number of benzene rings is 2. The van der Waals surface area contributed by atoms with Crippen molar-refractivity contribution in [3.63, 3.8) is 0 Å². The van der Waals surface area contributed by atoms with Gasteiger partial charge in [-0.3, -0.25) is 14.3 Å². The maximum Gasteiger partial charge on any atom is 0.330 e. The molecule has 0 unspecified atom stereocenters. The molecule has 0 radical (unpaired) electrons. The fourth-order valence-corrected chi connectivity index (χ4v) is 4.07. The van der Waals surface area contributed by atoms with Gasteiger partial charge >= 0.3 is 5.69 Å². The Bertz CT molecular complexity index is 1270. The van der Waals surface area contributed by atoms with E-state index in [1.807, 2.05) is 60.7 Å². The highest BCUT2D eigenvalue weighted by molar-refractivity contribution is 5.14. The summed E-state index contributed by atoms with van der Waals surface area (Å²) in [6.07, 6.45) is -1.98. The first-order valence-corrected chi connectivity index (χ1v) is 11.0. The first-order chi connectivity index (χ1) is 17.0. The number of ether oxygens (including phenoxy) is 3. The number of hydrogen-bond donors (Lipinski definition) is 2. The minimum Gasteiger partial charge on any atom is -0.385 e. The van der Waals surface area contributed by atoms with Crippen LogP contribution in [0.1, 0.15) is 11.1 Å². The summed E-state index contributed by atoms with van der Waals surface area (Å²) in [5.41, 5.74) is 7.54. The summed E-state index contributed by atoms with van der Waals surface area (Å²) >= 11 is 0. The smallest absolute Gasteiger partial charge is 0.330 e. The number of nitrogens with one attached hydrogen (secondary N) is 1. The predicted molar refractivity (Wildman–Crippen MR) is 125 cm³/mol. The Morgan fingerprint density at radius 3 is 2.34 bits per heavy atom. The third kappa shape index (κ3) is 5.51. The second kappa shape index (κ2) is 11.1. The number of nitrogens with zero attached hydrogens (tertiary/aromatic N) is 4. The standard InChI is InChI=1S/C24H25N5O6/c25-28-26-16-24(29-12-11-20(30)27-23(29)32)22(31)21(34-14-18-9-5-2-6-10-18)19(35-24)15-33-13-17-7-3-1-4-8-17/h1-12,19,21-22,31H,13-16H2,(H,27,30,32)/t19-,21-,22+,24-/m1/s1.